The Morgan fingerprint density at radius 3 is 2.18 bits per heavy atom. The quantitative estimate of drug-likeness (QED) is 0.470. The van der Waals surface area contributed by atoms with Gasteiger partial charge in [0.15, 0.2) is 0 Å². The number of rotatable bonds is 6. The van der Waals surface area contributed by atoms with Gasteiger partial charge in [-0.2, -0.15) is 4.98 Å². The highest BCUT2D eigenvalue weighted by Crippen LogP contribution is 2.25. The van der Waals surface area contributed by atoms with Crippen molar-refractivity contribution >= 4 is 23.1 Å². The first-order valence-corrected chi connectivity index (χ1v) is 8.87. The van der Waals surface area contributed by atoms with E-state index >= 15 is 0 Å². The number of nitrogens with one attached hydrogen (secondary N) is 2. The molecule has 0 radical (unpaired) electrons. The van der Waals surface area contributed by atoms with Gasteiger partial charge in [0.05, 0.1) is 0 Å². The second-order valence-corrected chi connectivity index (χ2v) is 6.15. The van der Waals surface area contributed by atoms with Crippen LogP contribution >= 0.6 is 0 Å². The fourth-order valence-corrected chi connectivity index (χ4v) is 2.56. The van der Waals surface area contributed by atoms with Gasteiger partial charge in [0.1, 0.15) is 17.3 Å². The molecule has 0 atom stereocenters. The molecule has 0 fully saturated rings. The zero-order valence-electron chi connectivity index (χ0n) is 15.3. The number of benzene rings is 2. The van der Waals surface area contributed by atoms with E-state index in [1.807, 2.05) is 73.7 Å². The van der Waals surface area contributed by atoms with Crippen LogP contribution in [0.25, 0.3) is 0 Å². The van der Waals surface area contributed by atoms with Crippen molar-refractivity contribution in [2.75, 3.05) is 10.6 Å². The van der Waals surface area contributed by atoms with Gasteiger partial charge >= 0.3 is 0 Å². The highest BCUT2D eigenvalue weighted by atomic mass is 16.5. The summed E-state index contributed by atoms with van der Waals surface area (Å²) >= 11 is 0. The molecule has 2 aromatic carbocycles. The van der Waals surface area contributed by atoms with Gasteiger partial charge in [-0.1, -0.05) is 18.2 Å². The van der Waals surface area contributed by atoms with Gasteiger partial charge in [-0.05, 0) is 55.5 Å². The van der Waals surface area contributed by atoms with Crippen molar-refractivity contribution in [3.8, 4) is 11.5 Å². The Hall–Kier alpha value is -3.93. The number of anilines is 4. The molecule has 0 spiro atoms. The summed E-state index contributed by atoms with van der Waals surface area (Å²) in [5, 5.41) is 6.50. The number of aromatic nitrogens is 3. The third-order valence-electron chi connectivity index (χ3n) is 4.00. The molecule has 0 bridgehead atoms. The molecule has 6 heteroatoms. The molecule has 138 valence electrons. The summed E-state index contributed by atoms with van der Waals surface area (Å²) in [6.45, 7) is 1.96. The summed E-state index contributed by atoms with van der Waals surface area (Å²) in [7, 11) is 0. The van der Waals surface area contributed by atoms with Crippen molar-refractivity contribution in [2.24, 2.45) is 0 Å². The molecular formula is C22H19N5O. The lowest BCUT2D eigenvalue weighted by Gasteiger charge is -2.12. The van der Waals surface area contributed by atoms with Crippen LogP contribution in [0.4, 0.5) is 23.1 Å². The lowest BCUT2D eigenvalue weighted by molar-refractivity contribution is 0.483. The molecule has 0 aliphatic rings. The highest BCUT2D eigenvalue weighted by Gasteiger charge is 2.06. The summed E-state index contributed by atoms with van der Waals surface area (Å²) in [5.74, 6) is 2.84. The Morgan fingerprint density at radius 2 is 1.43 bits per heavy atom. The molecule has 0 aliphatic carbocycles. The minimum Gasteiger partial charge on any atom is -0.457 e. The summed E-state index contributed by atoms with van der Waals surface area (Å²) in [5.41, 5.74) is 2.74. The van der Waals surface area contributed by atoms with E-state index in [1.165, 1.54) is 0 Å². The van der Waals surface area contributed by atoms with Gasteiger partial charge in [0.2, 0.25) is 5.95 Å². The molecule has 4 aromatic rings. The maximum atomic E-state index is 5.82. The standard InChI is InChI=1S/C22H19N5O/c1-16-15-24-22(26-18-11-13-23-14-12-18)27-21(16)25-17-7-9-20(10-8-17)28-19-5-3-2-4-6-19/h2-15H,1H3,(H2,23,24,25,26,27). The predicted octanol–water partition coefficient (Wildman–Crippen LogP) is 5.46. The van der Waals surface area contributed by atoms with E-state index in [9.17, 15) is 0 Å². The monoisotopic (exact) mass is 369 g/mol. The zero-order chi connectivity index (χ0) is 19.2. The number of ether oxygens (including phenoxy) is 1. The molecule has 6 nitrogen and oxygen atoms in total. The van der Waals surface area contributed by atoms with Crippen LogP contribution in [-0.2, 0) is 0 Å². The largest absolute Gasteiger partial charge is 0.457 e. The van der Waals surface area contributed by atoms with E-state index in [2.05, 4.69) is 25.6 Å². The van der Waals surface area contributed by atoms with Crippen LogP contribution in [0.1, 0.15) is 5.56 Å². The summed E-state index contributed by atoms with van der Waals surface area (Å²) < 4.78 is 5.82. The molecule has 0 unspecified atom stereocenters. The fourth-order valence-electron chi connectivity index (χ4n) is 2.56. The molecule has 0 amide bonds. The van der Waals surface area contributed by atoms with E-state index in [4.69, 9.17) is 4.74 Å². The highest BCUT2D eigenvalue weighted by molar-refractivity contribution is 5.62. The van der Waals surface area contributed by atoms with Crippen molar-refractivity contribution in [1.29, 1.82) is 0 Å². The molecular weight excluding hydrogens is 350 g/mol. The van der Waals surface area contributed by atoms with Crippen LogP contribution < -0.4 is 15.4 Å². The Bertz CT molecular complexity index is 1040. The van der Waals surface area contributed by atoms with Crippen molar-refractivity contribution in [2.45, 2.75) is 6.92 Å². The zero-order valence-corrected chi connectivity index (χ0v) is 15.3. The first-order chi connectivity index (χ1) is 13.8. The van der Waals surface area contributed by atoms with Gasteiger partial charge < -0.3 is 15.4 Å². The average Bonchev–Trinajstić information content (AvgIpc) is 2.73. The first-order valence-electron chi connectivity index (χ1n) is 8.87. The molecule has 0 saturated carbocycles. The van der Waals surface area contributed by atoms with E-state index in [0.29, 0.717) is 5.95 Å². The van der Waals surface area contributed by atoms with E-state index < -0.39 is 0 Å². The summed E-state index contributed by atoms with van der Waals surface area (Å²) in [4.78, 5) is 12.9. The van der Waals surface area contributed by atoms with Crippen LogP contribution in [0.5, 0.6) is 11.5 Å². The predicted molar refractivity (Wildman–Crippen MR) is 111 cm³/mol. The van der Waals surface area contributed by atoms with Crippen molar-refractivity contribution < 1.29 is 4.74 Å². The maximum Gasteiger partial charge on any atom is 0.229 e. The number of aryl methyl sites for hydroxylation is 1. The van der Waals surface area contributed by atoms with E-state index in [-0.39, 0.29) is 0 Å². The Balaban J connectivity index is 1.47. The lowest BCUT2D eigenvalue weighted by Crippen LogP contribution is -2.02. The summed E-state index contributed by atoms with van der Waals surface area (Å²) in [6.07, 6.45) is 5.22. The number of pyridine rings is 1. The van der Waals surface area contributed by atoms with Crippen molar-refractivity contribution in [3.63, 3.8) is 0 Å². The van der Waals surface area contributed by atoms with Gasteiger partial charge in [-0.3, -0.25) is 4.98 Å². The number of para-hydroxylation sites is 1. The van der Waals surface area contributed by atoms with Gasteiger partial charge in [-0.15, -0.1) is 0 Å². The minimum absolute atomic E-state index is 0.517. The first kappa shape index (κ1) is 17.5. The minimum atomic E-state index is 0.517. The maximum absolute atomic E-state index is 5.82. The second kappa shape index (κ2) is 8.18. The Morgan fingerprint density at radius 1 is 0.750 bits per heavy atom. The smallest absolute Gasteiger partial charge is 0.229 e. The molecule has 2 heterocycles. The second-order valence-electron chi connectivity index (χ2n) is 6.15. The number of hydrogen-bond acceptors (Lipinski definition) is 6. The molecule has 0 saturated heterocycles. The van der Waals surface area contributed by atoms with Crippen LogP contribution in [0, 0.1) is 6.92 Å². The molecule has 4 rings (SSSR count). The van der Waals surface area contributed by atoms with E-state index in [1.54, 1.807) is 18.6 Å². The van der Waals surface area contributed by atoms with Crippen LogP contribution in [0.2, 0.25) is 0 Å². The normalized spacial score (nSPS) is 10.3. The van der Waals surface area contributed by atoms with Crippen molar-refractivity contribution in [3.05, 3.63) is 90.9 Å². The topological polar surface area (TPSA) is 72.0 Å². The number of hydrogen-bond donors (Lipinski definition) is 2. The third kappa shape index (κ3) is 4.42. The Labute approximate surface area is 163 Å². The fraction of sp³-hybridized carbons (Fsp3) is 0.0455. The van der Waals surface area contributed by atoms with Gasteiger partial charge in [0, 0.05) is 35.5 Å². The average molecular weight is 369 g/mol. The summed E-state index contributed by atoms with van der Waals surface area (Å²) in [6, 6.07) is 21.2. The van der Waals surface area contributed by atoms with Gasteiger partial charge in [0.25, 0.3) is 0 Å². The van der Waals surface area contributed by atoms with Crippen LogP contribution in [0.15, 0.2) is 85.3 Å². The molecule has 2 N–H and O–H groups in total. The third-order valence-corrected chi connectivity index (χ3v) is 4.00. The van der Waals surface area contributed by atoms with Crippen LogP contribution in [0.3, 0.4) is 0 Å². The Kier molecular flexibility index (Phi) is 5.11. The van der Waals surface area contributed by atoms with Gasteiger partial charge in [-0.25, -0.2) is 4.98 Å². The molecule has 0 aliphatic heterocycles. The number of nitrogens with zero attached hydrogens (tertiary/aromatic N) is 3. The van der Waals surface area contributed by atoms with E-state index in [0.717, 1.165) is 34.3 Å². The lowest BCUT2D eigenvalue weighted by atomic mass is 10.2. The SMILES string of the molecule is Cc1cnc(Nc2ccncc2)nc1Nc1ccc(Oc2ccccc2)cc1. The molecule has 28 heavy (non-hydrogen) atoms. The molecule has 2 aromatic heterocycles. The van der Waals surface area contributed by atoms with Crippen LogP contribution in [-0.4, -0.2) is 15.0 Å². The van der Waals surface area contributed by atoms with Crippen molar-refractivity contribution in [1.82, 2.24) is 15.0 Å².